The van der Waals surface area contributed by atoms with Crippen molar-refractivity contribution in [2.45, 2.75) is 13.1 Å². The summed E-state index contributed by atoms with van der Waals surface area (Å²) >= 11 is 1.25. The van der Waals surface area contributed by atoms with Gasteiger partial charge in [-0.05, 0) is 54.6 Å². The minimum atomic E-state index is -4.38. The molecule has 0 radical (unpaired) electrons. The van der Waals surface area contributed by atoms with Gasteiger partial charge in [0.05, 0.1) is 16.2 Å². The van der Waals surface area contributed by atoms with E-state index in [4.69, 9.17) is 0 Å². The highest BCUT2D eigenvalue weighted by molar-refractivity contribution is 8.18. The van der Waals surface area contributed by atoms with Crippen LogP contribution in [0.1, 0.15) is 16.8 Å². The maximum absolute atomic E-state index is 12.7. The lowest BCUT2D eigenvalue weighted by molar-refractivity contribution is -0.137. The molecule has 3 heterocycles. The molecule has 0 bridgehead atoms. The molecule has 1 amide bonds. The second-order valence-electron chi connectivity index (χ2n) is 6.94. The number of alkyl halides is 3. The van der Waals surface area contributed by atoms with E-state index in [0.29, 0.717) is 28.7 Å². The standard InChI is InChI=1S/C20H18F3N5OS/c1-13-2-7-17(26-25-13)27-8-10-28(11-9-27)19-24-18(29)16(30-19)12-14-3-5-15(6-4-14)20(21,22)23/h2-7,12H,8-11H2,1H3/b16-12-. The highest BCUT2D eigenvalue weighted by atomic mass is 32.2. The summed E-state index contributed by atoms with van der Waals surface area (Å²) in [5, 5.41) is 8.91. The van der Waals surface area contributed by atoms with E-state index in [1.165, 1.54) is 23.9 Å². The van der Waals surface area contributed by atoms with Gasteiger partial charge in [-0.25, -0.2) is 0 Å². The lowest BCUT2D eigenvalue weighted by Crippen LogP contribution is -2.48. The minimum Gasteiger partial charge on any atom is -0.352 e. The van der Waals surface area contributed by atoms with Crippen LogP contribution in [-0.2, 0) is 11.0 Å². The number of carbonyl (C=O) groups is 1. The molecule has 1 fully saturated rings. The fourth-order valence-corrected chi connectivity index (χ4v) is 4.11. The van der Waals surface area contributed by atoms with Gasteiger partial charge < -0.3 is 9.80 Å². The van der Waals surface area contributed by atoms with Crippen molar-refractivity contribution in [3.63, 3.8) is 0 Å². The van der Waals surface area contributed by atoms with Crippen LogP contribution in [0.5, 0.6) is 0 Å². The Labute approximate surface area is 175 Å². The molecule has 2 aliphatic heterocycles. The van der Waals surface area contributed by atoms with Crippen LogP contribution in [0.25, 0.3) is 6.08 Å². The van der Waals surface area contributed by atoms with E-state index in [-0.39, 0.29) is 5.91 Å². The number of aromatic nitrogens is 2. The molecule has 1 aromatic heterocycles. The van der Waals surface area contributed by atoms with Crippen molar-refractivity contribution in [1.29, 1.82) is 0 Å². The van der Waals surface area contributed by atoms with Crippen molar-refractivity contribution < 1.29 is 18.0 Å². The van der Waals surface area contributed by atoms with Crippen molar-refractivity contribution in [1.82, 2.24) is 15.1 Å². The molecule has 1 saturated heterocycles. The maximum Gasteiger partial charge on any atom is 0.416 e. The van der Waals surface area contributed by atoms with Crippen molar-refractivity contribution in [3.8, 4) is 0 Å². The number of amidine groups is 1. The third-order valence-electron chi connectivity index (χ3n) is 4.80. The van der Waals surface area contributed by atoms with Crippen molar-refractivity contribution in [2.75, 3.05) is 31.1 Å². The molecule has 30 heavy (non-hydrogen) atoms. The van der Waals surface area contributed by atoms with Crippen molar-refractivity contribution in [3.05, 3.63) is 58.1 Å². The first-order valence-corrected chi connectivity index (χ1v) is 10.1. The summed E-state index contributed by atoms with van der Waals surface area (Å²) in [7, 11) is 0. The van der Waals surface area contributed by atoms with Gasteiger partial charge in [-0.2, -0.15) is 23.3 Å². The number of benzene rings is 1. The molecule has 1 aromatic carbocycles. The smallest absolute Gasteiger partial charge is 0.352 e. The number of amides is 1. The molecule has 0 unspecified atom stereocenters. The molecule has 0 spiro atoms. The number of nitrogens with zero attached hydrogens (tertiary/aromatic N) is 5. The summed E-state index contributed by atoms with van der Waals surface area (Å²) in [6.07, 6.45) is -2.81. The largest absolute Gasteiger partial charge is 0.416 e. The highest BCUT2D eigenvalue weighted by Crippen LogP contribution is 2.32. The Morgan fingerprint density at radius 1 is 0.967 bits per heavy atom. The number of hydrogen-bond donors (Lipinski definition) is 0. The van der Waals surface area contributed by atoms with Gasteiger partial charge in [0.2, 0.25) is 0 Å². The molecule has 2 aliphatic rings. The van der Waals surface area contributed by atoms with Crippen LogP contribution in [0.4, 0.5) is 19.0 Å². The van der Waals surface area contributed by atoms with Gasteiger partial charge in [0.1, 0.15) is 0 Å². The molecule has 4 rings (SSSR count). The fourth-order valence-electron chi connectivity index (χ4n) is 3.14. The average Bonchev–Trinajstić information content (AvgIpc) is 3.09. The summed E-state index contributed by atoms with van der Waals surface area (Å²) in [4.78, 5) is 21.0. The lowest BCUT2D eigenvalue weighted by Gasteiger charge is -2.35. The Balaban J connectivity index is 1.38. The topological polar surface area (TPSA) is 61.7 Å². The average molecular weight is 433 g/mol. The first-order valence-electron chi connectivity index (χ1n) is 9.30. The Morgan fingerprint density at radius 2 is 1.63 bits per heavy atom. The van der Waals surface area contributed by atoms with Gasteiger partial charge in [0.15, 0.2) is 11.0 Å². The number of aliphatic imine (C=N–C) groups is 1. The van der Waals surface area contributed by atoms with E-state index in [0.717, 1.165) is 36.7 Å². The summed E-state index contributed by atoms with van der Waals surface area (Å²) in [6, 6.07) is 8.57. The van der Waals surface area contributed by atoms with Crippen LogP contribution >= 0.6 is 11.8 Å². The molecule has 6 nitrogen and oxygen atoms in total. The normalized spacial score (nSPS) is 18.9. The maximum atomic E-state index is 12.7. The predicted octanol–water partition coefficient (Wildman–Crippen LogP) is 3.60. The van der Waals surface area contributed by atoms with E-state index < -0.39 is 11.7 Å². The number of aryl methyl sites for hydroxylation is 1. The number of piperazine rings is 1. The van der Waals surface area contributed by atoms with Crippen molar-refractivity contribution in [2.24, 2.45) is 4.99 Å². The number of anilines is 1. The minimum absolute atomic E-state index is 0.373. The molecule has 0 N–H and O–H groups in total. The first-order chi connectivity index (χ1) is 14.3. The molecular formula is C20H18F3N5OS. The zero-order chi connectivity index (χ0) is 21.3. The van der Waals surface area contributed by atoms with Gasteiger partial charge in [0.25, 0.3) is 5.91 Å². The molecule has 156 valence electrons. The van der Waals surface area contributed by atoms with E-state index in [9.17, 15) is 18.0 Å². The van der Waals surface area contributed by atoms with Crippen molar-refractivity contribution >= 4 is 34.7 Å². The Morgan fingerprint density at radius 3 is 2.23 bits per heavy atom. The van der Waals surface area contributed by atoms with E-state index in [2.05, 4.69) is 20.1 Å². The van der Waals surface area contributed by atoms with Gasteiger partial charge in [0, 0.05) is 26.2 Å². The molecule has 10 heteroatoms. The van der Waals surface area contributed by atoms with Crippen LogP contribution in [0, 0.1) is 6.92 Å². The van der Waals surface area contributed by atoms with Gasteiger partial charge in [-0.3, -0.25) is 4.79 Å². The zero-order valence-corrected chi connectivity index (χ0v) is 16.9. The van der Waals surface area contributed by atoms with Crippen LogP contribution in [0.3, 0.4) is 0 Å². The number of thioether (sulfide) groups is 1. The summed E-state index contributed by atoms with van der Waals surface area (Å²) in [5.74, 6) is 0.446. The van der Waals surface area contributed by atoms with Gasteiger partial charge in [-0.15, -0.1) is 5.10 Å². The monoisotopic (exact) mass is 433 g/mol. The first kappa shape index (κ1) is 20.4. The summed E-state index contributed by atoms with van der Waals surface area (Å²) in [5.41, 5.74) is 0.668. The fraction of sp³-hybridized carbons (Fsp3) is 0.300. The highest BCUT2D eigenvalue weighted by Gasteiger charge is 2.31. The number of carbonyl (C=O) groups excluding carboxylic acids is 1. The van der Waals surface area contributed by atoms with E-state index in [1.807, 2.05) is 24.0 Å². The lowest BCUT2D eigenvalue weighted by atomic mass is 10.1. The number of rotatable bonds is 2. The number of hydrogen-bond acceptors (Lipinski definition) is 6. The summed E-state index contributed by atoms with van der Waals surface area (Å²) in [6.45, 7) is 4.70. The van der Waals surface area contributed by atoms with Crippen LogP contribution < -0.4 is 4.90 Å². The quantitative estimate of drug-likeness (QED) is 0.675. The van der Waals surface area contributed by atoms with E-state index in [1.54, 1.807) is 6.08 Å². The van der Waals surface area contributed by atoms with Gasteiger partial charge >= 0.3 is 6.18 Å². The van der Waals surface area contributed by atoms with Gasteiger partial charge in [-0.1, -0.05) is 12.1 Å². The SMILES string of the molecule is Cc1ccc(N2CCN(C3=NC(=O)/C(=C/c4ccc(C(F)(F)F)cc4)S3)CC2)nn1. The van der Waals surface area contributed by atoms with Crippen LogP contribution in [-0.4, -0.2) is 52.4 Å². The molecule has 2 aromatic rings. The molecule has 0 atom stereocenters. The zero-order valence-electron chi connectivity index (χ0n) is 16.1. The molecular weight excluding hydrogens is 415 g/mol. The Hall–Kier alpha value is -2.88. The predicted molar refractivity (Wildman–Crippen MR) is 110 cm³/mol. The van der Waals surface area contributed by atoms with E-state index >= 15 is 0 Å². The number of halogens is 3. The Kier molecular flexibility index (Phi) is 5.50. The Bertz CT molecular complexity index is 995. The third kappa shape index (κ3) is 4.48. The molecule has 0 aliphatic carbocycles. The second kappa shape index (κ2) is 8.10. The summed E-state index contributed by atoms with van der Waals surface area (Å²) < 4.78 is 38.1. The van der Waals surface area contributed by atoms with Crippen LogP contribution in [0.15, 0.2) is 46.3 Å². The second-order valence-corrected chi connectivity index (χ2v) is 7.95. The molecule has 0 saturated carbocycles. The third-order valence-corrected chi connectivity index (χ3v) is 5.85. The van der Waals surface area contributed by atoms with Crippen LogP contribution in [0.2, 0.25) is 0 Å².